The highest BCUT2D eigenvalue weighted by Crippen LogP contribution is 2.24. The van der Waals surface area contributed by atoms with E-state index < -0.39 is 18.0 Å². The Kier molecular flexibility index (Phi) is 7.75. The van der Waals surface area contributed by atoms with Crippen molar-refractivity contribution in [1.82, 2.24) is 30.3 Å². The Morgan fingerprint density at radius 1 is 1.43 bits per heavy atom. The molecule has 2 heterocycles. The van der Waals surface area contributed by atoms with Crippen LogP contribution in [0.25, 0.3) is 0 Å². The van der Waals surface area contributed by atoms with Crippen molar-refractivity contribution in [2.75, 3.05) is 6.54 Å². The van der Waals surface area contributed by atoms with Crippen molar-refractivity contribution in [3.63, 3.8) is 0 Å². The van der Waals surface area contributed by atoms with Crippen LogP contribution in [0.4, 0.5) is 13.2 Å². The Hall–Kier alpha value is -3.15. The molecule has 0 bridgehead atoms. The van der Waals surface area contributed by atoms with E-state index in [9.17, 15) is 18.0 Å². The molecule has 12 heteroatoms. The highest BCUT2D eigenvalue weighted by molar-refractivity contribution is 5.91. The molecule has 0 fully saturated rings. The monoisotopic (exact) mass is 426 g/mol. The van der Waals surface area contributed by atoms with Crippen LogP contribution >= 0.6 is 0 Å². The number of nitrogens with one attached hydrogen (secondary N) is 1. The fraction of sp³-hybridized carbons (Fsp3) is 0.444. The van der Waals surface area contributed by atoms with Gasteiger partial charge in [0.1, 0.15) is 11.9 Å². The fourth-order valence-corrected chi connectivity index (χ4v) is 2.50. The van der Waals surface area contributed by atoms with Crippen molar-refractivity contribution in [2.45, 2.75) is 45.5 Å². The molecule has 0 spiro atoms. The average Bonchev–Trinajstić information content (AvgIpc) is 3.12. The highest BCUT2D eigenvalue weighted by Gasteiger charge is 2.26. The van der Waals surface area contributed by atoms with E-state index in [4.69, 9.17) is 11.6 Å². The van der Waals surface area contributed by atoms with Gasteiger partial charge in [-0.1, -0.05) is 11.3 Å². The maximum atomic E-state index is 14.0. The lowest BCUT2D eigenvalue weighted by Crippen LogP contribution is -2.33. The smallest absolute Gasteiger partial charge is 0.286 e. The standard InChI is InChI=1S/C18H25F3N8O/c1-12(22)9-28(23)10-13(19)6-7-29-11-15(26-27-29)17(30)24-8-14-4-3-5-16(25-14)18(2,20)21/h3-5,9,11,13H,6-8,10,22-23H2,1-2H3,(H,24,30)/b12-9-. The minimum atomic E-state index is -3.07. The Morgan fingerprint density at radius 3 is 2.83 bits per heavy atom. The second kappa shape index (κ2) is 10.1. The first kappa shape index (κ1) is 23.1. The largest absolute Gasteiger partial charge is 0.401 e. The van der Waals surface area contributed by atoms with Gasteiger partial charge in [-0.2, -0.15) is 8.78 Å². The summed E-state index contributed by atoms with van der Waals surface area (Å²) in [6.45, 7) is 2.48. The summed E-state index contributed by atoms with van der Waals surface area (Å²) in [5, 5.41) is 11.2. The molecule has 1 unspecified atom stereocenters. The number of nitrogens with zero attached hydrogens (tertiary/aromatic N) is 5. The summed E-state index contributed by atoms with van der Waals surface area (Å²) < 4.78 is 42.0. The van der Waals surface area contributed by atoms with E-state index in [0.717, 1.165) is 11.9 Å². The third kappa shape index (κ3) is 7.35. The molecular weight excluding hydrogens is 401 g/mol. The predicted molar refractivity (Wildman–Crippen MR) is 103 cm³/mol. The molecule has 0 aromatic carbocycles. The number of allylic oxidation sites excluding steroid dienone is 1. The lowest BCUT2D eigenvalue weighted by Gasteiger charge is -2.17. The number of hydrazine groups is 1. The number of amides is 1. The summed E-state index contributed by atoms with van der Waals surface area (Å²) >= 11 is 0. The number of hydrogen-bond acceptors (Lipinski definition) is 7. The second-order valence-corrected chi connectivity index (χ2v) is 6.91. The first-order valence-corrected chi connectivity index (χ1v) is 9.16. The van der Waals surface area contributed by atoms with Crippen LogP contribution in [0.3, 0.4) is 0 Å². The molecule has 0 aliphatic carbocycles. The minimum Gasteiger partial charge on any atom is -0.401 e. The number of rotatable bonds is 10. The summed E-state index contributed by atoms with van der Waals surface area (Å²) in [6, 6.07) is 4.18. The minimum absolute atomic E-state index is 0.0181. The van der Waals surface area contributed by atoms with Crippen molar-refractivity contribution < 1.29 is 18.0 Å². The van der Waals surface area contributed by atoms with Gasteiger partial charge < -0.3 is 16.1 Å². The molecule has 0 saturated carbocycles. The van der Waals surface area contributed by atoms with Crippen molar-refractivity contribution in [1.29, 1.82) is 0 Å². The van der Waals surface area contributed by atoms with Crippen LogP contribution in [0.15, 0.2) is 36.3 Å². The summed E-state index contributed by atoms with van der Waals surface area (Å²) in [7, 11) is 0. The van der Waals surface area contributed by atoms with E-state index in [1.807, 2.05) is 0 Å². The fourth-order valence-electron chi connectivity index (χ4n) is 2.50. The van der Waals surface area contributed by atoms with Crippen LogP contribution < -0.4 is 16.9 Å². The molecule has 0 radical (unpaired) electrons. The maximum absolute atomic E-state index is 14.0. The van der Waals surface area contributed by atoms with Gasteiger partial charge in [-0.3, -0.25) is 9.48 Å². The number of aromatic nitrogens is 4. The van der Waals surface area contributed by atoms with Gasteiger partial charge in [0.2, 0.25) is 0 Å². The van der Waals surface area contributed by atoms with Crippen LogP contribution in [0, 0.1) is 0 Å². The van der Waals surface area contributed by atoms with E-state index in [1.54, 1.807) is 6.92 Å². The Morgan fingerprint density at radius 2 is 2.17 bits per heavy atom. The highest BCUT2D eigenvalue weighted by atomic mass is 19.3. The summed E-state index contributed by atoms with van der Waals surface area (Å²) in [6.07, 6.45) is 1.67. The first-order chi connectivity index (χ1) is 14.0. The van der Waals surface area contributed by atoms with Crippen molar-refractivity contribution >= 4 is 5.91 Å². The second-order valence-electron chi connectivity index (χ2n) is 6.91. The van der Waals surface area contributed by atoms with Crippen LogP contribution in [0.1, 0.15) is 42.1 Å². The Balaban J connectivity index is 1.84. The molecule has 2 aromatic rings. The molecule has 30 heavy (non-hydrogen) atoms. The third-order valence-electron chi connectivity index (χ3n) is 3.91. The van der Waals surface area contributed by atoms with Crippen LogP contribution in [0.2, 0.25) is 0 Å². The van der Waals surface area contributed by atoms with Gasteiger partial charge in [0.05, 0.1) is 25.0 Å². The van der Waals surface area contributed by atoms with Crippen molar-refractivity contribution in [3.8, 4) is 0 Å². The zero-order valence-electron chi connectivity index (χ0n) is 16.7. The maximum Gasteiger partial charge on any atom is 0.286 e. The van der Waals surface area contributed by atoms with E-state index in [-0.39, 0.29) is 43.1 Å². The van der Waals surface area contributed by atoms with Gasteiger partial charge in [-0.15, -0.1) is 5.10 Å². The van der Waals surface area contributed by atoms with Crippen LogP contribution in [-0.2, 0) is 19.0 Å². The van der Waals surface area contributed by atoms with E-state index in [2.05, 4.69) is 20.6 Å². The first-order valence-electron chi connectivity index (χ1n) is 9.16. The lowest BCUT2D eigenvalue weighted by molar-refractivity contribution is 0.0125. The molecule has 1 atom stereocenters. The summed E-state index contributed by atoms with van der Waals surface area (Å²) in [5.41, 5.74) is 5.85. The van der Waals surface area contributed by atoms with Gasteiger partial charge in [0.25, 0.3) is 11.8 Å². The molecule has 1 amide bonds. The molecule has 5 N–H and O–H groups in total. The van der Waals surface area contributed by atoms with E-state index in [1.165, 1.54) is 35.3 Å². The summed E-state index contributed by atoms with van der Waals surface area (Å²) in [5.74, 6) is 1.98. The number of halogens is 3. The predicted octanol–water partition coefficient (Wildman–Crippen LogP) is 1.44. The number of aryl methyl sites for hydroxylation is 1. The number of pyridine rings is 1. The molecular formula is C18H25F3N8O. The Bertz CT molecular complexity index is 876. The lowest BCUT2D eigenvalue weighted by atomic mass is 10.2. The normalized spacial score (nSPS) is 13.2. The van der Waals surface area contributed by atoms with Crippen molar-refractivity contribution in [3.05, 3.63) is 53.4 Å². The van der Waals surface area contributed by atoms with E-state index in [0.29, 0.717) is 5.70 Å². The molecule has 2 rings (SSSR count). The molecule has 0 aliphatic rings. The van der Waals surface area contributed by atoms with Crippen LogP contribution in [-0.4, -0.2) is 43.6 Å². The van der Waals surface area contributed by atoms with Crippen molar-refractivity contribution in [2.24, 2.45) is 11.6 Å². The number of carbonyl (C=O) groups is 1. The number of alkyl halides is 3. The van der Waals surface area contributed by atoms with Gasteiger partial charge in [0, 0.05) is 31.8 Å². The Labute approximate surface area is 171 Å². The number of hydrogen-bond donors (Lipinski definition) is 3. The number of nitrogens with two attached hydrogens (primary N) is 2. The zero-order chi connectivity index (χ0) is 22.3. The third-order valence-corrected chi connectivity index (χ3v) is 3.91. The van der Waals surface area contributed by atoms with E-state index >= 15 is 0 Å². The molecule has 2 aromatic heterocycles. The molecule has 0 aliphatic heterocycles. The molecule has 9 nitrogen and oxygen atoms in total. The quantitative estimate of drug-likeness (QED) is 0.387. The van der Waals surface area contributed by atoms with Gasteiger partial charge in [-0.05, 0) is 19.1 Å². The SMILES string of the molecule is C/C(N)=C/N(N)CC(F)CCn1cc(C(=O)NCc2cccc(C(C)(F)F)n2)nn1. The number of carbonyl (C=O) groups excluding carboxylic acids is 1. The van der Waals surface area contributed by atoms with Gasteiger partial charge >= 0.3 is 0 Å². The average molecular weight is 426 g/mol. The topological polar surface area (TPSA) is 128 Å². The van der Waals surface area contributed by atoms with Crippen LogP contribution in [0.5, 0.6) is 0 Å². The molecule has 0 saturated heterocycles. The zero-order valence-corrected chi connectivity index (χ0v) is 16.7. The summed E-state index contributed by atoms with van der Waals surface area (Å²) in [4.78, 5) is 16.0. The molecule has 164 valence electrons. The van der Waals surface area contributed by atoms with Gasteiger partial charge in [0.15, 0.2) is 5.69 Å². The van der Waals surface area contributed by atoms with Gasteiger partial charge in [-0.25, -0.2) is 15.2 Å².